The number of hydrogen-bond acceptors (Lipinski definition) is 5. The van der Waals surface area contributed by atoms with Crippen molar-refractivity contribution in [3.05, 3.63) is 46.2 Å². The maximum atomic E-state index is 5.83. The fraction of sp³-hybridized carbons (Fsp3) is 0.333. The van der Waals surface area contributed by atoms with E-state index in [9.17, 15) is 0 Å². The van der Waals surface area contributed by atoms with Gasteiger partial charge in [0.2, 0.25) is 0 Å². The number of rotatable bonds is 6. The summed E-state index contributed by atoms with van der Waals surface area (Å²) >= 11 is 1.63. The van der Waals surface area contributed by atoms with Crippen molar-refractivity contribution in [2.45, 2.75) is 25.0 Å². The molecule has 0 saturated heterocycles. The lowest BCUT2D eigenvalue weighted by Gasteiger charge is -2.16. The van der Waals surface area contributed by atoms with Gasteiger partial charge in [0.1, 0.15) is 11.5 Å². The molecule has 5 heteroatoms. The second kappa shape index (κ2) is 5.83. The Morgan fingerprint density at radius 3 is 2.80 bits per heavy atom. The summed E-state index contributed by atoms with van der Waals surface area (Å²) in [6.45, 7) is 0. The van der Waals surface area contributed by atoms with Gasteiger partial charge in [-0.2, -0.15) is 0 Å². The summed E-state index contributed by atoms with van der Waals surface area (Å²) in [5.74, 6) is 7.49. The van der Waals surface area contributed by atoms with Gasteiger partial charge in [-0.05, 0) is 36.6 Å². The van der Waals surface area contributed by atoms with Gasteiger partial charge in [-0.25, -0.2) is 5.43 Å². The molecule has 3 N–H and O–H groups in total. The van der Waals surface area contributed by atoms with Crippen molar-refractivity contribution in [2.75, 3.05) is 7.11 Å². The van der Waals surface area contributed by atoms with Crippen LogP contribution in [-0.2, 0) is 0 Å². The number of ether oxygens (including phenoxy) is 2. The number of nitrogens with one attached hydrogen (secondary N) is 1. The van der Waals surface area contributed by atoms with E-state index in [0.29, 0.717) is 6.10 Å². The summed E-state index contributed by atoms with van der Waals surface area (Å²) in [4.78, 5) is 1.12. The van der Waals surface area contributed by atoms with E-state index in [1.54, 1.807) is 18.4 Å². The molecule has 1 heterocycles. The molecule has 1 unspecified atom stereocenters. The third-order valence-corrected chi connectivity index (χ3v) is 4.28. The molecule has 20 heavy (non-hydrogen) atoms. The average molecular weight is 290 g/mol. The van der Waals surface area contributed by atoms with Gasteiger partial charge in [0.25, 0.3) is 0 Å². The number of thiophene rings is 1. The van der Waals surface area contributed by atoms with Crippen molar-refractivity contribution in [1.29, 1.82) is 0 Å². The van der Waals surface area contributed by atoms with Crippen molar-refractivity contribution in [3.63, 3.8) is 0 Å². The predicted octanol–water partition coefficient (Wildman–Crippen LogP) is 2.85. The standard InChI is InChI=1S/C15H18N2O2S/c1-18-13-8-14(20-9-13)15(17-16)10-3-2-4-12(7-10)19-11-5-6-11/h2-4,7-9,11,15,17H,5-6,16H2,1H3. The smallest absolute Gasteiger partial charge is 0.129 e. The zero-order valence-corrected chi connectivity index (χ0v) is 12.2. The van der Waals surface area contributed by atoms with Crippen LogP contribution in [0.15, 0.2) is 35.7 Å². The first-order valence-electron chi connectivity index (χ1n) is 6.65. The molecule has 1 aliphatic carbocycles. The molecule has 0 amide bonds. The Morgan fingerprint density at radius 1 is 1.30 bits per heavy atom. The highest BCUT2D eigenvalue weighted by Gasteiger charge is 2.24. The van der Waals surface area contributed by atoms with E-state index in [-0.39, 0.29) is 6.04 Å². The van der Waals surface area contributed by atoms with Gasteiger partial charge < -0.3 is 9.47 Å². The van der Waals surface area contributed by atoms with Gasteiger partial charge in [-0.3, -0.25) is 5.84 Å². The zero-order valence-electron chi connectivity index (χ0n) is 11.3. The Morgan fingerprint density at radius 2 is 2.15 bits per heavy atom. The maximum Gasteiger partial charge on any atom is 0.129 e. The largest absolute Gasteiger partial charge is 0.496 e. The third-order valence-electron chi connectivity index (χ3n) is 3.30. The Hall–Kier alpha value is -1.56. The summed E-state index contributed by atoms with van der Waals surface area (Å²) in [5.41, 5.74) is 3.96. The molecule has 0 aliphatic heterocycles. The molecule has 0 spiro atoms. The first-order chi connectivity index (χ1) is 9.80. The summed E-state index contributed by atoms with van der Waals surface area (Å²) in [6.07, 6.45) is 2.71. The lowest BCUT2D eigenvalue weighted by atomic mass is 10.1. The van der Waals surface area contributed by atoms with Crippen LogP contribution in [0.3, 0.4) is 0 Å². The first kappa shape index (κ1) is 13.4. The number of hydrazine groups is 1. The number of benzene rings is 1. The molecule has 1 saturated carbocycles. The molecular formula is C15H18N2O2S. The summed E-state index contributed by atoms with van der Waals surface area (Å²) in [5, 5.41) is 1.98. The van der Waals surface area contributed by atoms with E-state index in [2.05, 4.69) is 17.6 Å². The second-order valence-corrected chi connectivity index (χ2v) is 5.82. The second-order valence-electron chi connectivity index (χ2n) is 4.88. The molecule has 0 radical (unpaired) electrons. The monoisotopic (exact) mass is 290 g/mol. The molecule has 1 fully saturated rings. The minimum Gasteiger partial charge on any atom is -0.496 e. The quantitative estimate of drug-likeness (QED) is 0.634. The van der Waals surface area contributed by atoms with Gasteiger partial charge in [0, 0.05) is 10.3 Å². The molecule has 1 aromatic heterocycles. The lowest BCUT2D eigenvalue weighted by Crippen LogP contribution is -2.28. The van der Waals surface area contributed by atoms with E-state index in [0.717, 1.165) is 34.8 Å². The van der Waals surface area contributed by atoms with Crippen LogP contribution < -0.4 is 20.7 Å². The summed E-state index contributed by atoms with van der Waals surface area (Å²) in [6, 6.07) is 10.0. The van der Waals surface area contributed by atoms with Crippen LogP contribution in [0.4, 0.5) is 0 Å². The van der Waals surface area contributed by atoms with E-state index in [1.807, 2.05) is 23.6 Å². The van der Waals surface area contributed by atoms with Gasteiger partial charge in [0.05, 0.1) is 19.3 Å². The van der Waals surface area contributed by atoms with E-state index in [1.165, 1.54) is 0 Å². The van der Waals surface area contributed by atoms with Crippen molar-refractivity contribution in [2.24, 2.45) is 5.84 Å². The normalized spacial score (nSPS) is 15.9. The Bertz CT molecular complexity index is 581. The zero-order chi connectivity index (χ0) is 13.9. The molecule has 4 nitrogen and oxygen atoms in total. The van der Waals surface area contributed by atoms with E-state index >= 15 is 0 Å². The molecule has 106 valence electrons. The Balaban J connectivity index is 1.83. The topological polar surface area (TPSA) is 56.5 Å². The summed E-state index contributed by atoms with van der Waals surface area (Å²) < 4.78 is 11.1. The molecule has 2 aromatic rings. The van der Waals surface area contributed by atoms with Gasteiger partial charge in [0.15, 0.2) is 0 Å². The number of nitrogens with two attached hydrogens (primary N) is 1. The van der Waals surface area contributed by atoms with Crippen LogP contribution in [0.1, 0.15) is 29.3 Å². The van der Waals surface area contributed by atoms with Crippen LogP contribution in [0.5, 0.6) is 11.5 Å². The van der Waals surface area contributed by atoms with Crippen LogP contribution >= 0.6 is 11.3 Å². The minimum absolute atomic E-state index is 0.0494. The highest BCUT2D eigenvalue weighted by Crippen LogP contribution is 2.33. The van der Waals surface area contributed by atoms with Crippen molar-refractivity contribution in [3.8, 4) is 11.5 Å². The molecule has 1 atom stereocenters. The molecule has 1 aliphatic rings. The van der Waals surface area contributed by atoms with Crippen molar-refractivity contribution in [1.82, 2.24) is 5.43 Å². The van der Waals surface area contributed by atoms with Crippen molar-refractivity contribution < 1.29 is 9.47 Å². The van der Waals surface area contributed by atoms with Crippen LogP contribution in [-0.4, -0.2) is 13.2 Å². The Kier molecular flexibility index (Phi) is 3.91. The molecule has 3 rings (SSSR count). The SMILES string of the molecule is COc1csc(C(NN)c2cccc(OC3CC3)c2)c1. The average Bonchev–Trinajstić information content (AvgIpc) is 3.15. The molecular weight excluding hydrogens is 272 g/mol. The van der Waals surface area contributed by atoms with Gasteiger partial charge >= 0.3 is 0 Å². The number of methoxy groups -OCH3 is 1. The van der Waals surface area contributed by atoms with E-state index < -0.39 is 0 Å². The van der Waals surface area contributed by atoms with Crippen LogP contribution in [0, 0.1) is 0 Å². The minimum atomic E-state index is -0.0494. The predicted molar refractivity (Wildman–Crippen MR) is 80.1 cm³/mol. The lowest BCUT2D eigenvalue weighted by molar-refractivity contribution is 0.302. The van der Waals surface area contributed by atoms with Gasteiger partial charge in [-0.1, -0.05) is 12.1 Å². The van der Waals surface area contributed by atoms with E-state index in [4.69, 9.17) is 15.3 Å². The van der Waals surface area contributed by atoms with Crippen LogP contribution in [0.25, 0.3) is 0 Å². The highest BCUT2D eigenvalue weighted by molar-refractivity contribution is 7.10. The first-order valence-corrected chi connectivity index (χ1v) is 7.53. The fourth-order valence-electron chi connectivity index (χ4n) is 2.08. The maximum absolute atomic E-state index is 5.83. The third kappa shape index (κ3) is 2.95. The van der Waals surface area contributed by atoms with Crippen molar-refractivity contribution >= 4 is 11.3 Å². The van der Waals surface area contributed by atoms with Gasteiger partial charge in [-0.15, -0.1) is 11.3 Å². The Labute approximate surface area is 122 Å². The van der Waals surface area contributed by atoms with Crippen LogP contribution in [0.2, 0.25) is 0 Å². The fourth-order valence-corrected chi connectivity index (χ4v) is 3.02. The highest BCUT2D eigenvalue weighted by atomic mass is 32.1. The summed E-state index contributed by atoms with van der Waals surface area (Å²) in [7, 11) is 1.67. The molecule has 1 aromatic carbocycles. The number of hydrogen-bond donors (Lipinski definition) is 2. The molecule has 0 bridgehead atoms.